The molecule has 0 aliphatic rings. The van der Waals surface area contributed by atoms with Crippen molar-refractivity contribution in [1.82, 2.24) is 9.55 Å². The van der Waals surface area contributed by atoms with Crippen LogP contribution in [0.4, 0.5) is 0 Å². The van der Waals surface area contributed by atoms with E-state index in [1.807, 2.05) is 47.8 Å². The number of thioether (sulfide) groups is 2. The molecule has 3 aromatic rings. The molecule has 0 bridgehead atoms. The fraction of sp³-hybridized carbons (Fsp3) is 0.391. The second-order valence-corrected chi connectivity index (χ2v) is 12.2. The zero-order valence-corrected chi connectivity index (χ0v) is 21.5. The van der Waals surface area contributed by atoms with Crippen molar-refractivity contribution in [2.75, 3.05) is 7.11 Å². The molecule has 0 radical (unpaired) electrons. The van der Waals surface area contributed by atoms with Crippen LogP contribution in [0.15, 0.2) is 52.0 Å². The summed E-state index contributed by atoms with van der Waals surface area (Å²) < 4.78 is 14.1. The third kappa shape index (κ3) is 6.20. The molecule has 0 spiro atoms. The highest BCUT2D eigenvalue weighted by Gasteiger charge is 2.19. The maximum Gasteiger partial charge on any atom is 0.263 e. The second kappa shape index (κ2) is 10.8. The van der Waals surface area contributed by atoms with E-state index in [2.05, 4.69) is 54.7 Å². The molecule has 0 atom stereocenters. The van der Waals surface area contributed by atoms with Crippen LogP contribution in [0.3, 0.4) is 0 Å². The van der Waals surface area contributed by atoms with E-state index >= 15 is 0 Å². The molecule has 31 heavy (non-hydrogen) atoms. The number of hydrogen-bond donors (Lipinski definition) is 0. The molecular formula is C23H27BrN2O3S2. The monoisotopic (exact) mass is 522 g/mol. The lowest BCUT2D eigenvalue weighted by atomic mass is 10.2. The van der Waals surface area contributed by atoms with Crippen molar-refractivity contribution in [2.24, 2.45) is 0 Å². The zero-order valence-electron chi connectivity index (χ0n) is 18.3. The first-order chi connectivity index (χ1) is 14.8. The zero-order chi connectivity index (χ0) is 22.5. The molecule has 166 valence electrons. The van der Waals surface area contributed by atoms with Gasteiger partial charge in [0.25, 0.3) is 5.56 Å². The largest absolute Gasteiger partial charge is 0.493 e. The summed E-state index contributed by atoms with van der Waals surface area (Å²) in [6, 6.07) is 11.5. The van der Waals surface area contributed by atoms with Crippen molar-refractivity contribution in [3.05, 3.63) is 63.1 Å². The molecule has 0 saturated heterocycles. The van der Waals surface area contributed by atoms with Gasteiger partial charge in [-0.15, -0.1) is 23.5 Å². The van der Waals surface area contributed by atoms with Crippen LogP contribution in [-0.2, 0) is 6.73 Å². The number of fused-ring (bicyclic) bond motifs is 1. The Morgan fingerprint density at radius 3 is 2.39 bits per heavy atom. The van der Waals surface area contributed by atoms with Crippen LogP contribution in [0.5, 0.6) is 11.5 Å². The van der Waals surface area contributed by atoms with Crippen LogP contribution in [0.2, 0.25) is 0 Å². The topological polar surface area (TPSA) is 53.4 Å². The summed E-state index contributed by atoms with van der Waals surface area (Å²) in [5.41, 5.74) is 1.70. The van der Waals surface area contributed by atoms with Gasteiger partial charge < -0.3 is 9.47 Å². The molecule has 5 nitrogen and oxygen atoms in total. The van der Waals surface area contributed by atoms with E-state index in [1.165, 1.54) is 16.5 Å². The van der Waals surface area contributed by atoms with Gasteiger partial charge in [-0.3, -0.25) is 9.36 Å². The van der Waals surface area contributed by atoms with Crippen LogP contribution in [-0.4, -0.2) is 27.2 Å². The Morgan fingerprint density at radius 2 is 1.74 bits per heavy atom. The molecule has 3 rings (SSSR count). The normalized spacial score (nSPS) is 11.6. The second-order valence-electron chi connectivity index (χ2n) is 7.57. The number of hydrogen-bond acceptors (Lipinski definition) is 6. The number of ether oxygens (including phenoxy) is 2. The summed E-state index contributed by atoms with van der Waals surface area (Å²) in [6.45, 7) is 8.89. The number of nitrogens with zero attached hydrogens (tertiary/aromatic N) is 2. The van der Waals surface area contributed by atoms with Crippen LogP contribution >= 0.6 is 39.5 Å². The Hall–Kier alpha value is -1.64. The number of aromatic nitrogens is 2. The van der Waals surface area contributed by atoms with Gasteiger partial charge in [-0.2, -0.15) is 0 Å². The van der Waals surface area contributed by atoms with Crippen LogP contribution in [0, 0.1) is 0 Å². The fourth-order valence-corrected chi connectivity index (χ4v) is 6.54. The predicted octanol–water partition coefficient (Wildman–Crippen LogP) is 6.49. The van der Waals surface area contributed by atoms with Crippen molar-refractivity contribution in [3.63, 3.8) is 0 Å². The molecule has 0 saturated carbocycles. The summed E-state index contributed by atoms with van der Waals surface area (Å²) >= 11 is 7.27. The van der Waals surface area contributed by atoms with Gasteiger partial charge in [0.05, 0.1) is 22.6 Å². The van der Waals surface area contributed by atoms with Crippen molar-refractivity contribution in [3.8, 4) is 11.5 Å². The standard InChI is InChI=1S/C23H27BrN2O3S2/c1-14(2)30-23(31-15(3)4)16-6-9-20(21(10-16)28-5)29-13-26-12-25-19-8-7-17(24)11-18(19)22(26)27/h6-12,14-15,23H,13H2,1-5H3. The summed E-state index contributed by atoms with van der Waals surface area (Å²) in [4.78, 5) is 17.1. The molecule has 2 aromatic carbocycles. The minimum atomic E-state index is -0.149. The van der Waals surface area contributed by atoms with Crippen molar-refractivity contribution < 1.29 is 9.47 Å². The quantitative estimate of drug-likeness (QED) is 0.299. The highest BCUT2D eigenvalue weighted by atomic mass is 79.9. The van der Waals surface area contributed by atoms with Crippen LogP contribution < -0.4 is 15.0 Å². The van der Waals surface area contributed by atoms with Gasteiger partial charge in [0, 0.05) is 15.0 Å². The van der Waals surface area contributed by atoms with Gasteiger partial charge in [0.1, 0.15) is 6.33 Å². The number of halogens is 1. The minimum Gasteiger partial charge on any atom is -0.493 e. The lowest BCUT2D eigenvalue weighted by molar-refractivity contribution is 0.220. The summed E-state index contributed by atoms with van der Waals surface area (Å²) in [7, 11) is 1.63. The summed E-state index contributed by atoms with van der Waals surface area (Å²) in [5, 5.41) is 1.58. The van der Waals surface area contributed by atoms with E-state index in [-0.39, 0.29) is 12.3 Å². The van der Waals surface area contributed by atoms with Gasteiger partial charge in [-0.1, -0.05) is 49.7 Å². The van der Waals surface area contributed by atoms with E-state index in [0.717, 1.165) is 4.47 Å². The third-order valence-corrected chi connectivity index (χ3v) is 7.68. The molecule has 1 aromatic heterocycles. The number of methoxy groups -OCH3 is 1. The molecule has 0 aliphatic heterocycles. The highest BCUT2D eigenvalue weighted by Crippen LogP contribution is 2.45. The molecule has 0 unspecified atom stereocenters. The first-order valence-electron chi connectivity index (χ1n) is 10.0. The van der Waals surface area contributed by atoms with E-state index < -0.39 is 0 Å². The van der Waals surface area contributed by atoms with Gasteiger partial charge in [-0.05, 0) is 35.9 Å². The lowest BCUT2D eigenvalue weighted by Gasteiger charge is -2.22. The molecule has 0 amide bonds. The van der Waals surface area contributed by atoms with Crippen molar-refractivity contribution >= 4 is 50.4 Å². The predicted molar refractivity (Wildman–Crippen MR) is 136 cm³/mol. The Kier molecular flexibility index (Phi) is 8.36. The van der Waals surface area contributed by atoms with Crippen molar-refractivity contribution in [2.45, 2.75) is 49.5 Å². The number of rotatable bonds is 9. The fourth-order valence-electron chi connectivity index (χ4n) is 3.00. The number of benzene rings is 2. The van der Waals surface area contributed by atoms with Gasteiger partial charge in [0.15, 0.2) is 18.2 Å². The Labute approximate surface area is 200 Å². The molecule has 0 fully saturated rings. The van der Waals surface area contributed by atoms with E-state index in [1.54, 1.807) is 13.2 Å². The van der Waals surface area contributed by atoms with Gasteiger partial charge in [-0.25, -0.2) is 4.98 Å². The van der Waals surface area contributed by atoms with E-state index in [4.69, 9.17) is 9.47 Å². The first-order valence-corrected chi connectivity index (χ1v) is 12.7. The average Bonchev–Trinajstić information content (AvgIpc) is 2.72. The Bertz CT molecular complexity index is 1090. The van der Waals surface area contributed by atoms with Crippen molar-refractivity contribution in [1.29, 1.82) is 0 Å². The van der Waals surface area contributed by atoms with Gasteiger partial charge >= 0.3 is 0 Å². The molecule has 1 heterocycles. The van der Waals surface area contributed by atoms with E-state index in [0.29, 0.717) is 37.5 Å². The maximum absolute atomic E-state index is 12.8. The SMILES string of the molecule is COc1cc(C(SC(C)C)SC(C)C)ccc1OCn1cnc2ccc(Br)cc2c1=O. The molecule has 0 N–H and O–H groups in total. The molecular weight excluding hydrogens is 496 g/mol. The third-order valence-electron chi connectivity index (χ3n) is 4.40. The summed E-state index contributed by atoms with van der Waals surface area (Å²) in [6.07, 6.45) is 1.51. The average molecular weight is 524 g/mol. The lowest BCUT2D eigenvalue weighted by Crippen LogP contribution is -2.23. The highest BCUT2D eigenvalue weighted by molar-refractivity contribution is 9.10. The minimum absolute atomic E-state index is 0.0505. The Morgan fingerprint density at radius 1 is 1.03 bits per heavy atom. The Balaban J connectivity index is 1.83. The molecule has 8 heteroatoms. The smallest absolute Gasteiger partial charge is 0.263 e. The van der Waals surface area contributed by atoms with Crippen LogP contribution in [0.1, 0.15) is 37.8 Å². The summed E-state index contributed by atoms with van der Waals surface area (Å²) in [5.74, 6) is 1.25. The molecule has 0 aliphatic carbocycles. The van der Waals surface area contributed by atoms with Gasteiger partial charge in [0.2, 0.25) is 0 Å². The van der Waals surface area contributed by atoms with Crippen LogP contribution in [0.25, 0.3) is 10.9 Å². The first kappa shape index (κ1) is 24.0. The van der Waals surface area contributed by atoms with E-state index in [9.17, 15) is 4.79 Å². The maximum atomic E-state index is 12.8.